The summed E-state index contributed by atoms with van der Waals surface area (Å²) >= 11 is 0.708. The Bertz CT molecular complexity index is 1050. The third-order valence-electron chi connectivity index (χ3n) is 3.71. The van der Waals surface area contributed by atoms with Gasteiger partial charge < -0.3 is 15.8 Å². The second-order valence-electron chi connectivity index (χ2n) is 5.51. The Morgan fingerprint density at radius 3 is 2.38 bits per heavy atom. The number of esters is 1. The van der Waals surface area contributed by atoms with Gasteiger partial charge in [-0.3, -0.25) is 29.8 Å². The van der Waals surface area contributed by atoms with Crippen LogP contribution >= 0.6 is 11.3 Å². The number of rotatable bonds is 7. The average molecular weight is 422 g/mol. The summed E-state index contributed by atoms with van der Waals surface area (Å²) in [5, 5.41) is 24.3. The van der Waals surface area contributed by atoms with Crippen molar-refractivity contribution in [3.05, 3.63) is 60.0 Å². The molecule has 0 radical (unpaired) electrons. The van der Waals surface area contributed by atoms with Crippen molar-refractivity contribution < 1.29 is 29.0 Å². The van der Waals surface area contributed by atoms with Crippen molar-refractivity contribution in [1.29, 1.82) is 0 Å². The number of carbonyl (C=O) groups excluding carboxylic acids is 3. The Hall–Kier alpha value is -3.87. The summed E-state index contributed by atoms with van der Waals surface area (Å²) in [6, 6.07) is 2.50. The second-order valence-corrected chi connectivity index (χ2v) is 6.54. The number of ether oxygens (including phenoxy) is 1. The van der Waals surface area contributed by atoms with Gasteiger partial charge in [-0.1, -0.05) is 0 Å². The first-order valence-electron chi connectivity index (χ1n) is 7.92. The summed E-state index contributed by atoms with van der Waals surface area (Å²) in [4.78, 5) is 56.7. The minimum Gasteiger partial charge on any atom is -0.462 e. The normalized spacial score (nSPS) is 10.3. The number of primary amides is 1. The Morgan fingerprint density at radius 2 is 1.86 bits per heavy atom. The molecule has 0 fully saturated rings. The first-order valence-corrected chi connectivity index (χ1v) is 8.74. The summed E-state index contributed by atoms with van der Waals surface area (Å²) in [5.41, 5.74) is 3.53. The van der Waals surface area contributed by atoms with Gasteiger partial charge in [0.25, 0.3) is 23.2 Å². The van der Waals surface area contributed by atoms with E-state index in [-0.39, 0.29) is 27.6 Å². The van der Waals surface area contributed by atoms with E-state index in [0.717, 1.165) is 12.1 Å². The molecule has 2 aromatic rings. The van der Waals surface area contributed by atoms with Crippen molar-refractivity contribution in [2.24, 2.45) is 5.73 Å². The van der Waals surface area contributed by atoms with E-state index in [1.807, 2.05) is 0 Å². The van der Waals surface area contributed by atoms with Gasteiger partial charge >= 0.3 is 5.97 Å². The summed E-state index contributed by atoms with van der Waals surface area (Å²) < 4.78 is 4.91. The van der Waals surface area contributed by atoms with Gasteiger partial charge in [0.15, 0.2) is 0 Å². The molecular weight excluding hydrogens is 408 g/mol. The molecule has 1 aromatic carbocycles. The van der Waals surface area contributed by atoms with E-state index in [0.29, 0.717) is 17.4 Å². The zero-order valence-electron chi connectivity index (χ0n) is 15.1. The molecule has 0 aliphatic heterocycles. The number of amides is 2. The van der Waals surface area contributed by atoms with Crippen LogP contribution in [0.15, 0.2) is 18.2 Å². The number of nitro benzene ring substituents is 2. The van der Waals surface area contributed by atoms with Crippen LogP contribution in [-0.2, 0) is 4.74 Å². The maximum Gasteiger partial charge on any atom is 0.341 e. The van der Waals surface area contributed by atoms with Crippen LogP contribution in [0.4, 0.5) is 16.4 Å². The predicted octanol–water partition coefficient (Wildman–Crippen LogP) is 2.40. The fourth-order valence-electron chi connectivity index (χ4n) is 2.43. The lowest BCUT2D eigenvalue weighted by atomic mass is 10.1. The van der Waals surface area contributed by atoms with Gasteiger partial charge in [0.2, 0.25) is 0 Å². The van der Waals surface area contributed by atoms with Crippen LogP contribution in [0.25, 0.3) is 0 Å². The molecule has 2 rings (SSSR count). The fourth-order valence-corrected chi connectivity index (χ4v) is 3.47. The number of hydrogen-bond donors (Lipinski definition) is 2. The quantitative estimate of drug-likeness (QED) is 0.387. The van der Waals surface area contributed by atoms with Crippen molar-refractivity contribution >= 4 is 45.5 Å². The maximum absolute atomic E-state index is 12.6. The zero-order valence-corrected chi connectivity index (χ0v) is 15.9. The third kappa shape index (κ3) is 4.35. The zero-order chi connectivity index (χ0) is 21.9. The van der Waals surface area contributed by atoms with Gasteiger partial charge in [0, 0.05) is 6.07 Å². The Morgan fingerprint density at radius 1 is 1.21 bits per heavy atom. The first-order chi connectivity index (χ1) is 13.6. The molecule has 0 aliphatic carbocycles. The van der Waals surface area contributed by atoms with Crippen molar-refractivity contribution in [3.63, 3.8) is 0 Å². The minimum absolute atomic E-state index is 0.00144. The highest BCUT2D eigenvalue weighted by Gasteiger charge is 2.29. The molecule has 12 nitrogen and oxygen atoms in total. The van der Waals surface area contributed by atoms with Gasteiger partial charge in [0.05, 0.1) is 33.0 Å². The summed E-state index contributed by atoms with van der Waals surface area (Å²) in [6.45, 7) is 3.03. The Labute approximate surface area is 166 Å². The Balaban J connectivity index is 2.52. The number of anilines is 1. The summed E-state index contributed by atoms with van der Waals surface area (Å²) in [5.74, 6) is -2.66. The van der Waals surface area contributed by atoms with Crippen LogP contribution in [0.5, 0.6) is 0 Å². The van der Waals surface area contributed by atoms with Crippen LogP contribution in [0.3, 0.4) is 0 Å². The molecule has 13 heteroatoms. The van der Waals surface area contributed by atoms with Crippen molar-refractivity contribution in [3.8, 4) is 0 Å². The van der Waals surface area contributed by atoms with Gasteiger partial charge in [-0.25, -0.2) is 4.79 Å². The van der Waals surface area contributed by atoms with E-state index in [4.69, 9.17) is 10.5 Å². The largest absolute Gasteiger partial charge is 0.462 e. The van der Waals surface area contributed by atoms with Gasteiger partial charge in [-0.15, -0.1) is 11.3 Å². The molecule has 0 saturated carbocycles. The van der Waals surface area contributed by atoms with Crippen LogP contribution in [0.1, 0.15) is 42.9 Å². The molecule has 2 amide bonds. The smallest absolute Gasteiger partial charge is 0.341 e. The molecule has 1 heterocycles. The van der Waals surface area contributed by atoms with E-state index < -0.39 is 44.6 Å². The van der Waals surface area contributed by atoms with Crippen LogP contribution in [0.2, 0.25) is 0 Å². The predicted molar refractivity (Wildman–Crippen MR) is 101 cm³/mol. The van der Waals surface area contributed by atoms with Crippen LogP contribution in [0, 0.1) is 27.2 Å². The topological polar surface area (TPSA) is 185 Å². The SMILES string of the molecule is CCOC(=O)c1c(NC(=O)c2ccc([N+](=O)[O-])cc2[N+](=O)[O-])sc(C(N)=O)c1C. The third-order valence-corrected chi connectivity index (χ3v) is 4.93. The number of nitrogens with two attached hydrogens (primary N) is 1. The molecule has 3 N–H and O–H groups in total. The Kier molecular flexibility index (Phi) is 6.23. The van der Waals surface area contributed by atoms with E-state index in [1.54, 1.807) is 6.92 Å². The first kappa shape index (κ1) is 21.4. The molecule has 0 atom stereocenters. The van der Waals surface area contributed by atoms with Crippen molar-refractivity contribution in [2.75, 3.05) is 11.9 Å². The van der Waals surface area contributed by atoms with Gasteiger partial charge in [0.1, 0.15) is 10.6 Å². The number of benzene rings is 1. The van der Waals surface area contributed by atoms with E-state index in [1.165, 1.54) is 6.92 Å². The highest BCUT2D eigenvalue weighted by Crippen LogP contribution is 2.34. The van der Waals surface area contributed by atoms with Gasteiger partial charge in [-0.05, 0) is 25.5 Å². The van der Waals surface area contributed by atoms with Crippen LogP contribution < -0.4 is 11.1 Å². The lowest BCUT2D eigenvalue weighted by Crippen LogP contribution is -2.16. The maximum atomic E-state index is 12.6. The molecule has 0 spiro atoms. The standard InChI is InChI=1S/C16H14N4O8S/c1-3-28-16(23)11-7(2)12(13(17)21)29-15(11)18-14(22)9-5-4-8(19(24)25)6-10(9)20(26)27/h4-6H,3H2,1-2H3,(H2,17,21)(H,18,22). The van der Waals surface area contributed by atoms with E-state index in [2.05, 4.69) is 5.32 Å². The fraction of sp³-hybridized carbons (Fsp3) is 0.188. The number of nitrogens with zero attached hydrogens (tertiary/aromatic N) is 2. The number of hydrogen-bond acceptors (Lipinski definition) is 9. The molecule has 0 aliphatic rings. The molecule has 1 aromatic heterocycles. The number of non-ortho nitro benzene ring substituents is 1. The van der Waals surface area contributed by atoms with E-state index >= 15 is 0 Å². The van der Waals surface area contributed by atoms with Crippen molar-refractivity contribution in [1.82, 2.24) is 0 Å². The van der Waals surface area contributed by atoms with E-state index in [9.17, 15) is 34.6 Å². The highest BCUT2D eigenvalue weighted by atomic mass is 32.1. The van der Waals surface area contributed by atoms with Crippen molar-refractivity contribution in [2.45, 2.75) is 13.8 Å². The second kappa shape index (κ2) is 8.43. The molecular formula is C16H14N4O8S. The minimum atomic E-state index is -1.01. The summed E-state index contributed by atoms with van der Waals surface area (Å²) in [6.07, 6.45) is 0. The monoisotopic (exact) mass is 422 g/mol. The lowest BCUT2D eigenvalue weighted by Gasteiger charge is -2.07. The highest BCUT2D eigenvalue weighted by molar-refractivity contribution is 7.18. The lowest BCUT2D eigenvalue weighted by molar-refractivity contribution is -0.394. The summed E-state index contributed by atoms with van der Waals surface area (Å²) in [7, 11) is 0. The van der Waals surface area contributed by atoms with Gasteiger partial charge in [-0.2, -0.15) is 0 Å². The number of nitro groups is 2. The molecule has 0 saturated heterocycles. The average Bonchev–Trinajstić information content (AvgIpc) is 2.97. The molecule has 0 bridgehead atoms. The number of nitrogens with one attached hydrogen (secondary N) is 1. The molecule has 0 unspecified atom stereocenters. The van der Waals surface area contributed by atoms with Crippen LogP contribution in [-0.4, -0.2) is 34.2 Å². The molecule has 29 heavy (non-hydrogen) atoms. The molecule has 152 valence electrons. The number of thiophene rings is 1. The number of carbonyl (C=O) groups is 3.